The lowest BCUT2D eigenvalue weighted by molar-refractivity contribution is 0.0999. The average Bonchev–Trinajstić information content (AvgIpc) is 3.45. The maximum absolute atomic E-state index is 13.7. The Hall–Kier alpha value is -3.03. The largest absolute Gasteiger partial charge is 0.365 e. The van der Waals surface area contributed by atoms with Crippen molar-refractivity contribution in [3.8, 4) is 10.6 Å². The Morgan fingerprint density at radius 1 is 1.17 bits per heavy atom. The lowest BCUT2D eigenvalue weighted by Gasteiger charge is -2.36. The lowest BCUT2D eigenvalue weighted by atomic mass is 9.69. The molecule has 1 unspecified atom stereocenters. The molecule has 1 aromatic carbocycles. The molecule has 5 rings (SSSR count). The van der Waals surface area contributed by atoms with Gasteiger partial charge in [0.1, 0.15) is 5.00 Å². The quantitative estimate of drug-likeness (QED) is 0.283. The fourth-order valence-electron chi connectivity index (χ4n) is 5.12. The highest BCUT2D eigenvalue weighted by Crippen LogP contribution is 2.45. The van der Waals surface area contributed by atoms with Gasteiger partial charge in [0.15, 0.2) is 0 Å². The third-order valence-electron chi connectivity index (χ3n) is 7.71. The first-order valence-electron chi connectivity index (χ1n) is 12.4. The number of carbonyl (C=O) groups is 2. The van der Waals surface area contributed by atoms with Gasteiger partial charge in [-0.15, -0.1) is 22.7 Å². The SMILES string of the molecule is CCC(C)(C)C1CCc2c(sc(NC(=O)c3cc(-c4ccc(C)s4)nc4ccccc34)c2C(N)=O)C1. The van der Waals surface area contributed by atoms with E-state index in [1.807, 2.05) is 36.4 Å². The first-order valence-corrected chi connectivity index (χ1v) is 14.0. The number of nitrogens with two attached hydrogens (primary N) is 1. The van der Waals surface area contributed by atoms with Gasteiger partial charge in [-0.3, -0.25) is 9.59 Å². The summed E-state index contributed by atoms with van der Waals surface area (Å²) in [5.74, 6) is -0.195. The molecule has 0 fully saturated rings. The first-order chi connectivity index (χ1) is 17.2. The third kappa shape index (κ3) is 4.46. The highest BCUT2D eigenvalue weighted by molar-refractivity contribution is 7.17. The van der Waals surface area contributed by atoms with Crippen LogP contribution < -0.4 is 11.1 Å². The van der Waals surface area contributed by atoms with E-state index in [0.29, 0.717) is 22.0 Å². The van der Waals surface area contributed by atoms with E-state index in [2.05, 4.69) is 39.1 Å². The highest BCUT2D eigenvalue weighted by atomic mass is 32.1. The minimum atomic E-state index is -0.481. The van der Waals surface area contributed by atoms with Crippen LogP contribution in [-0.2, 0) is 12.8 Å². The molecule has 1 aliphatic rings. The van der Waals surface area contributed by atoms with E-state index in [-0.39, 0.29) is 11.3 Å². The molecule has 3 heterocycles. The summed E-state index contributed by atoms with van der Waals surface area (Å²) >= 11 is 3.16. The van der Waals surface area contributed by atoms with Gasteiger partial charge in [0, 0.05) is 15.1 Å². The van der Waals surface area contributed by atoms with E-state index in [9.17, 15) is 9.59 Å². The second kappa shape index (κ2) is 9.45. The number of aromatic nitrogens is 1. The maximum atomic E-state index is 13.7. The van der Waals surface area contributed by atoms with Crippen molar-refractivity contribution < 1.29 is 9.59 Å². The summed E-state index contributed by atoms with van der Waals surface area (Å²) in [7, 11) is 0. The second-order valence-electron chi connectivity index (χ2n) is 10.3. The second-order valence-corrected chi connectivity index (χ2v) is 12.7. The summed E-state index contributed by atoms with van der Waals surface area (Å²) in [5, 5.41) is 4.40. The van der Waals surface area contributed by atoms with E-state index in [4.69, 9.17) is 10.7 Å². The molecule has 186 valence electrons. The maximum Gasteiger partial charge on any atom is 0.257 e. The van der Waals surface area contributed by atoms with Crippen molar-refractivity contribution in [2.75, 3.05) is 5.32 Å². The molecule has 0 radical (unpaired) electrons. The standard InChI is InChI=1S/C29H31N3O2S2/c1-5-29(3,4)17-11-12-19-24(14-17)36-28(25(19)26(30)33)32-27(34)20-15-22(23-13-10-16(2)35-23)31-21-9-7-6-8-18(20)21/h6-10,13,15,17H,5,11-12,14H2,1-4H3,(H2,30,33)(H,32,34). The smallest absolute Gasteiger partial charge is 0.257 e. The number of para-hydroxylation sites is 1. The number of carbonyl (C=O) groups excluding carboxylic acids is 2. The number of thiophene rings is 2. The molecule has 0 bridgehead atoms. The number of anilines is 1. The fraction of sp³-hybridized carbons (Fsp3) is 0.345. The van der Waals surface area contributed by atoms with Crippen LogP contribution in [0, 0.1) is 18.3 Å². The van der Waals surface area contributed by atoms with Crippen LogP contribution in [0.1, 0.15) is 69.6 Å². The van der Waals surface area contributed by atoms with Crippen molar-refractivity contribution in [2.24, 2.45) is 17.1 Å². The predicted octanol–water partition coefficient (Wildman–Crippen LogP) is 7.23. The summed E-state index contributed by atoms with van der Waals surface area (Å²) < 4.78 is 0. The van der Waals surface area contributed by atoms with E-state index >= 15 is 0 Å². The molecular formula is C29H31N3O2S2. The zero-order valence-electron chi connectivity index (χ0n) is 21.1. The number of nitrogens with zero attached hydrogens (tertiary/aromatic N) is 1. The number of hydrogen-bond donors (Lipinski definition) is 2. The van der Waals surface area contributed by atoms with Crippen LogP contribution in [0.3, 0.4) is 0 Å². The van der Waals surface area contributed by atoms with Crippen molar-refractivity contribution in [1.29, 1.82) is 0 Å². The van der Waals surface area contributed by atoms with Crippen LogP contribution in [0.5, 0.6) is 0 Å². The van der Waals surface area contributed by atoms with E-state index in [1.54, 1.807) is 11.3 Å². The molecule has 1 aliphatic carbocycles. The molecule has 5 nitrogen and oxygen atoms in total. The van der Waals surface area contributed by atoms with Crippen LogP contribution in [0.25, 0.3) is 21.5 Å². The molecule has 0 aliphatic heterocycles. The number of fused-ring (bicyclic) bond motifs is 2. The van der Waals surface area contributed by atoms with E-state index < -0.39 is 5.91 Å². The Kier molecular flexibility index (Phi) is 6.47. The van der Waals surface area contributed by atoms with Gasteiger partial charge >= 0.3 is 0 Å². The van der Waals surface area contributed by atoms with Crippen LogP contribution in [0.2, 0.25) is 0 Å². The van der Waals surface area contributed by atoms with Crippen molar-refractivity contribution in [3.63, 3.8) is 0 Å². The summed E-state index contributed by atoms with van der Waals surface area (Å²) in [4.78, 5) is 34.4. The minimum Gasteiger partial charge on any atom is -0.365 e. The number of benzene rings is 1. The molecule has 4 aromatic rings. The molecule has 0 spiro atoms. The molecule has 0 saturated heterocycles. The zero-order valence-corrected chi connectivity index (χ0v) is 22.7. The summed E-state index contributed by atoms with van der Waals surface area (Å²) in [6.45, 7) is 8.92. The van der Waals surface area contributed by atoms with Gasteiger partial charge in [-0.05, 0) is 67.3 Å². The molecule has 1 atom stereocenters. The van der Waals surface area contributed by atoms with Crippen LogP contribution in [0.4, 0.5) is 5.00 Å². The molecule has 7 heteroatoms. The molecule has 3 aromatic heterocycles. The Bertz CT molecular complexity index is 1480. The van der Waals surface area contributed by atoms with Crippen molar-refractivity contribution in [2.45, 2.75) is 53.4 Å². The van der Waals surface area contributed by atoms with Crippen molar-refractivity contribution >= 4 is 50.4 Å². The third-order valence-corrected chi connectivity index (χ3v) is 9.90. The van der Waals surface area contributed by atoms with Gasteiger partial charge in [-0.1, -0.05) is 45.4 Å². The Labute approximate surface area is 219 Å². The predicted molar refractivity (Wildman–Crippen MR) is 150 cm³/mol. The zero-order chi connectivity index (χ0) is 25.6. The number of nitrogens with one attached hydrogen (secondary N) is 1. The van der Waals surface area contributed by atoms with Gasteiger partial charge in [-0.2, -0.15) is 0 Å². The Morgan fingerprint density at radius 2 is 1.94 bits per heavy atom. The average molecular weight is 518 g/mol. The molecule has 2 amide bonds. The Balaban J connectivity index is 1.53. The minimum absolute atomic E-state index is 0.227. The Morgan fingerprint density at radius 3 is 2.64 bits per heavy atom. The van der Waals surface area contributed by atoms with Gasteiger partial charge in [0.2, 0.25) is 0 Å². The molecule has 36 heavy (non-hydrogen) atoms. The van der Waals surface area contributed by atoms with Crippen molar-refractivity contribution in [1.82, 2.24) is 4.98 Å². The van der Waals surface area contributed by atoms with Gasteiger partial charge in [-0.25, -0.2) is 4.98 Å². The van der Waals surface area contributed by atoms with Gasteiger partial charge in [0.05, 0.1) is 27.2 Å². The van der Waals surface area contributed by atoms with Gasteiger partial charge < -0.3 is 11.1 Å². The number of amides is 2. The number of rotatable bonds is 6. The number of aryl methyl sites for hydroxylation is 1. The number of primary amides is 1. The summed E-state index contributed by atoms with van der Waals surface area (Å²) in [5.41, 5.74) is 9.62. The number of hydrogen-bond acceptors (Lipinski definition) is 5. The highest BCUT2D eigenvalue weighted by Gasteiger charge is 2.35. The normalized spacial score (nSPS) is 15.6. The fourth-order valence-corrected chi connectivity index (χ4v) is 7.28. The van der Waals surface area contributed by atoms with Crippen LogP contribution in [-0.4, -0.2) is 16.8 Å². The summed E-state index contributed by atoms with van der Waals surface area (Å²) in [6.07, 6.45) is 3.86. The summed E-state index contributed by atoms with van der Waals surface area (Å²) in [6, 6.07) is 13.6. The lowest BCUT2D eigenvalue weighted by Crippen LogP contribution is -2.29. The van der Waals surface area contributed by atoms with Crippen molar-refractivity contribution in [3.05, 3.63) is 68.9 Å². The molecule has 0 saturated carbocycles. The van der Waals surface area contributed by atoms with Gasteiger partial charge in [0.25, 0.3) is 11.8 Å². The molecular weight excluding hydrogens is 486 g/mol. The first kappa shape index (κ1) is 24.7. The van der Waals surface area contributed by atoms with E-state index in [1.165, 1.54) is 21.1 Å². The van der Waals surface area contributed by atoms with Crippen LogP contribution in [0.15, 0.2) is 42.5 Å². The topological polar surface area (TPSA) is 85.1 Å². The molecule has 3 N–H and O–H groups in total. The monoisotopic (exact) mass is 517 g/mol. The number of pyridine rings is 1. The van der Waals surface area contributed by atoms with Crippen LogP contribution >= 0.6 is 22.7 Å². The van der Waals surface area contributed by atoms with E-state index in [0.717, 1.165) is 52.7 Å².